The van der Waals surface area contributed by atoms with E-state index in [0.29, 0.717) is 40.1 Å². The molecule has 0 saturated carbocycles. The van der Waals surface area contributed by atoms with E-state index in [2.05, 4.69) is 27.7 Å². The van der Waals surface area contributed by atoms with Crippen LogP contribution in [-0.2, 0) is 14.4 Å². The van der Waals surface area contributed by atoms with Crippen molar-refractivity contribution >= 4 is 46.9 Å². The van der Waals surface area contributed by atoms with Gasteiger partial charge in [0.25, 0.3) is 5.91 Å². The third-order valence-corrected chi connectivity index (χ3v) is 5.41. The van der Waals surface area contributed by atoms with Gasteiger partial charge in [-0.25, -0.2) is 5.43 Å². The highest BCUT2D eigenvalue weighted by atomic mass is 35.5. The quantitative estimate of drug-likeness (QED) is 0.152. The fourth-order valence-corrected chi connectivity index (χ4v) is 3.28. The maximum atomic E-state index is 12.3. The fourth-order valence-electron chi connectivity index (χ4n) is 3.10. The van der Waals surface area contributed by atoms with E-state index >= 15 is 0 Å². The van der Waals surface area contributed by atoms with Crippen LogP contribution in [-0.4, -0.2) is 37.1 Å². The third-order valence-electron chi connectivity index (χ3n) is 5.18. The highest BCUT2D eigenvalue weighted by Crippen LogP contribution is 2.22. The summed E-state index contributed by atoms with van der Waals surface area (Å²) < 4.78 is 11.0. The first-order chi connectivity index (χ1) is 18.2. The molecule has 9 nitrogen and oxygen atoms in total. The van der Waals surface area contributed by atoms with Crippen LogP contribution in [0.4, 0.5) is 11.4 Å². The van der Waals surface area contributed by atoms with Gasteiger partial charge in [0.15, 0.2) is 6.61 Å². The van der Waals surface area contributed by atoms with Crippen molar-refractivity contribution in [1.29, 1.82) is 0 Å². The molecule has 38 heavy (non-hydrogen) atoms. The van der Waals surface area contributed by atoms with Gasteiger partial charge >= 0.3 is 11.8 Å². The number of halogens is 1. The molecule has 3 rings (SSSR count). The van der Waals surface area contributed by atoms with Gasteiger partial charge in [-0.1, -0.05) is 30.3 Å². The molecule has 0 unspecified atom stereocenters. The topological polar surface area (TPSA) is 118 Å². The Kier molecular flexibility index (Phi) is 10.0. The Balaban J connectivity index is 1.54. The first-order valence-corrected chi connectivity index (χ1v) is 11.9. The molecule has 0 spiro atoms. The monoisotopic (exact) mass is 534 g/mol. The number of nitrogens with one attached hydrogen (secondary N) is 3. The molecule has 3 N–H and O–H groups in total. The molecule has 10 heteroatoms. The summed E-state index contributed by atoms with van der Waals surface area (Å²) in [6.45, 7) is 7.61. The van der Waals surface area contributed by atoms with Crippen LogP contribution < -0.4 is 25.5 Å². The number of amides is 3. The molecule has 0 aliphatic rings. The van der Waals surface area contributed by atoms with Crippen molar-refractivity contribution in [3.05, 3.63) is 95.0 Å². The lowest BCUT2D eigenvalue weighted by Crippen LogP contribution is -2.32. The smallest absolute Gasteiger partial charge is 0.329 e. The number of anilines is 2. The molecule has 0 fully saturated rings. The Bertz CT molecular complexity index is 1360. The number of ether oxygens (including phenoxy) is 2. The van der Waals surface area contributed by atoms with Crippen molar-refractivity contribution in [2.75, 3.05) is 23.8 Å². The Morgan fingerprint density at radius 2 is 1.63 bits per heavy atom. The normalized spacial score (nSPS) is 10.5. The zero-order valence-electron chi connectivity index (χ0n) is 20.9. The van der Waals surface area contributed by atoms with Gasteiger partial charge in [-0.05, 0) is 79.6 Å². The molecule has 3 amide bonds. The van der Waals surface area contributed by atoms with Crippen LogP contribution in [0.15, 0.2) is 78.4 Å². The number of hydrogen-bond acceptors (Lipinski definition) is 6. The number of hydrogen-bond donors (Lipinski definition) is 3. The van der Waals surface area contributed by atoms with Crippen molar-refractivity contribution in [2.24, 2.45) is 5.10 Å². The minimum atomic E-state index is -0.981. The van der Waals surface area contributed by atoms with Crippen LogP contribution in [0.25, 0.3) is 0 Å². The van der Waals surface area contributed by atoms with Gasteiger partial charge in [0, 0.05) is 22.0 Å². The number of rotatable bonds is 10. The molecule has 0 aliphatic heterocycles. The van der Waals surface area contributed by atoms with Crippen molar-refractivity contribution in [2.45, 2.75) is 13.8 Å². The van der Waals surface area contributed by atoms with Crippen LogP contribution in [0.2, 0.25) is 5.02 Å². The van der Waals surface area contributed by atoms with Crippen molar-refractivity contribution < 1.29 is 23.9 Å². The number of carbonyl (C=O) groups is 3. The Hall–Kier alpha value is -4.63. The Morgan fingerprint density at radius 3 is 2.34 bits per heavy atom. The van der Waals surface area contributed by atoms with Gasteiger partial charge in [-0.2, -0.15) is 5.10 Å². The average Bonchev–Trinajstić information content (AvgIpc) is 2.89. The summed E-state index contributed by atoms with van der Waals surface area (Å²) in [5.74, 6) is -1.33. The molecular weight excluding hydrogens is 508 g/mol. The van der Waals surface area contributed by atoms with Gasteiger partial charge in [0.05, 0.1) is 6.21 Å². The molecule has 3 aromatic rings. The van der Waals surface area contributed by atoms with E-state index in [9.17, 15) is 14.4 Å². The minimum absolute atomic E-state index is 0.262. The molecule has 0 atom stereocenters. The highest BCUT2D eigenvalue weighted by molar-refractivity contribution is 6.39. The van der Waals surface area contributed by atoms with E-state index in [0.717, 1.165) is 11.1 Å². The molecule has 0 aliphatic carbocycles. The van der Waals surface area contributed by atoms with Crippen molar-refractivity contribution in [3.8, 4) is 11.5 Å². The van der Waals surface area contributed by atoms with E-state index in [1.54, 1.807) is 48.5 Å². The van der Waals surface area contributed by atoms with E-state index < -0.39 is 11.8 Å². The molecule has 0 heterocycles. The van der Waals surface area contributed by atoms with Crippen LogP contribution >= 0.6 is 11.6 Å². The number of benzene rings is 3. The lowest BCUT2D eigenvalue weighted by molar-refractivity contribution is -0.136. The first-order valence-electron chi connectivity index (χ1n) is 11.5. The van der Waals surface area contributed by atoms with Crippen LogP contribution in [0.1, 0.15) is 16.7 Å². The molecule has 0 aromatic heterocycles. The van der Waals surface area contributed by atoms with E-state index in [-0.39, 0.29) is 12.5 Å². The Labute approximate surface area is 225 Å². The second-order valence-electron chi connectivity index (χ2n) is 8.10. The number of carbonyl (C=O) groups excluding carboxylic acids is 3. The zero-order chi connectivity index (χ0) is 27.5. The molecular formula is C28H27ClN4O5. The summed E-state index contributed by atoms with van der Waals surface area (Å²) in [4.78, 5) is 36.7. The Morgan fingerprint density at radius 1 is 0.895 bits per heavy atom. The second-order valence-corrected chi connectivity index (χ2v) is 8.53. The van der Waals surface area contributed by atoms with Gasteiger partial charge in [-0.3, -0.25) is 14.4 Å². The van der Waals surface area contributed by atoms with Gasteiger partial charge in [0.2, 0.25) is 0 Å². The van der Waals surface area contributed by atoms with Crippen molar-refractivity contribution in [1.82, 2.24) is 5.43 Å². The summed E-state index contributed by atoms with van der Waals surface area (Å²) in [6.07, 6.45) is 2.88. The van der Waals surface area contributed by atoms with Crippen LogP contribution in [0, 0.1) is 13.8 Å². The van der Waals surface area contributed by atoms with Crippen molar-refractivity contribution in [3.63, 3.8) is 0 Å². The lowest BCUT2D eigenvalue weighted by Gasteiger charge is -2.11. The highest BCUT2D eigenvalue weighted by Gasteiger charge is 2.13. The van der Waals surface area contributed by atoms with E-state index in [4.69, 9.17) is 21.1 Å². The first kappa shape index (κ1) is 27.9. The van der Waals surface area contributed by atoms with Gasteiger partial charge in [-0.15, -0.1) is 0 Å². The largest absolute Gasteiger partial charge is 0.490 e. The zero-order valence-corrected chi connectivity index (χ0v) is 21.7. The summed E-state index contributed by atoms with van der Waals surface area (Å²) in [7, 11) is 0. The van der Waals surface area contributed by atoms with E-state index in [1.165, 1.54) is 6.21 Å². The van der Waals surface area contributed by atoms with Crippen LogP contribution in [0.3, 0.4) is 0 Å². The predicted octanol–water partition coefficient (Wildman–Crippen LogP) is 4.63. The average molecular weight is 535 g/mol. The molecule has 0 bridgehead atoms. The molecule has 0 radical (unpaired) electrons. The summed E-state index contributed by atoms with van der Waals surface area (Å²) in [5, 5.41) is 9.44. The maximum absolute atomic E-state index is 12.3. The van der Waals surface area contributed by atoms with Crippen LogP contribution in [0.5, 0.6) is 11.5 Å². The number of nitrogens with zero attached hydrogens (tertiary/aromatic N) is 1. The molecule has 196 valence electrons. The minimum Gasteiger partial charge on any atom is -0.490 e. The number of hydrazone groups is 1. The summed E-state index contributed by atoms with van der Waals surface area (Å²) in [5.41, 5.74) is 5.80. The fraction of sp³-hybridized carbons (Fsp3) is 0.143. The maximum Gasteiger partial charge on any atom is 0.329 e. The predicted molar refractivity (Wildman–Crippen MR) is 148 cm³/mol. The molecule has 0 saturated heterocycles. The molecule has 3 aromatic carbocycles. The van der Waals surface area contributed by atoms with Gasteiger partial charge in [0.1, 0.15) is 18.1 Å². The lowest BCUT2D eigenvalue weighted by atomic mass is 10.1. The summed E-state index contributed by atoms with van der Waals surface area (Å²) >= 11 is 6.07. The third kappa shape index (κ3) is 8.49. The standard InChI is InChI=1S/C28H27ClN4O5/c1-4-13-37-24-10-8-22(9-11-24)32-27(35)28(36)33-30-16-20-15-21(29)6-12-25(20)38-17-26(34)31-23-7-5-18(2)19(3)14-23/h4-12,14-16H,1,13,17H2,2-3H3,(H,31,34)(H,32,35)(H,33,36)/b30-16-. The SMILES string of the molecule is C=CCOc1ccc(NC(=O)C(=O)N/N=C\c2cc(Cl)ccc2OCC(=O)Nc2ccc(C)c(C)c2)cc1. The van der Waals surface area contributed by atoms with Gasteiger partial charge < -0.3 is 20.1 Å². The number of aryl methyl sites for hydroxylation is 2. The van der Waals surface area contributed by atoms with E-state index in [1.807, 2.05) is 32.0 Å². The summed E-state index contributed by atoms with van der Waals surface area (Å²) in [6, 6.07) is 16.8. The second kappa shape index (κ2) is 13.6.